The first-order valence-electron chi connectivity index (χ1n) is 14.2. The molecular weight excluding hydrogens is 492 g/mol. The number of hydrogen-bond donors (Lipinski definition) is 2. The van der Waals surface area contributed by atoms with Crippen LogP contribution in [-0.2, 0) is 14.3 Å². The highest BCUT2D eigenvalue weighted by atomic mass is 16.5. The van der Waals surface area contributed by atoms with Crippen LogP contribution in [-0.4, -0.2) is 58.6 Å². The van der Waals surface area contributed by atoms with Crippen LogP contribution < -0.4 is 10.1 Å². The Morgan fingerprint density at radius 3 is 2.69 bits per heavy atom. The third-order valence-electron chi connectivity index (χ3n) is 10.2. The van der Waals surface area contributed by atoms with Crippen LogP contribution in [0.1, 0.15) is 68.9 Å². The lowest BCUT2D eigenvalue weighted by Crippen LogP contribution is -2.74. The number of hydrogen-bond acceptors (Lipinski definition) is 7. The van der Waals surface area contributed by atoms with Gasteiger partial charge < -0.3 is 19.9 Å². The van der Waals surface area contributed by atoms with E-state index < -0.39 is 11.8 Å². The number of piperidine rings is 1. The maximum atomic E-state index is 14.0. The second-order valence-electron chi connectivity index (χ2n) is 12.4. The van der Waals surface area contributed by atoms with Crippen molar-refractivity contribution in [3.05, 3.63) is 70.9 Å². The van der Waals surface area contributed by atoms with E-state index in [0.717, 1.165) is 41.8 Å². The highest BCUT2D eigenvalue weighted by molar-refractivity contribution is 5.95. The number of aromatic hydroxyl groups is 1. The summed E-state index contributed by atoms with van der Waals surface area (Å²) in [6, 6.07) is 15.6. The fraction of sp³-hybridized carbons (Fsp3) is 0.500. The number of ketones is 1. The number of methoxy groups -OCH3 is 1. The van der Waals surface area contributed by atoms with Gasteiger partial charge in [-0.1, -0.05) is 30.3 Å². The number of allylic oxidation sites excluding steroid dienone is 1. The second-order valence-corrected chi connectivity index (χ2v) is 12.4. The molecule has 2 aromatic rings. The number of rotatable bonds is 5. The number of Topliss-reactive ketones (excluding diaryl/α,β-unsaturated/α-hetero) is 1. The van der Waals surface area contributed by atoms with Gasteiger partial charge in [0.1, 0.15) is 23.4 Å². The van der Waals surface area contributed by atoms with E-state index >= 15 is 0 Å². The standard InChI is InChI=1S/C32H36N2O5/c1-17-28(31(37)39-27-14-20-15-32(2)16-24(27)34(20)32)29(18-7-6-8-21(35)11-18)30-23(33-17)12-19(13-25(30)36)22-9-4-5-10-26(22)38-3/h4-11,19-20,23-24,27,29-30,33,35H,12-16H2,1-3H3/t19-,20+,23?,24+,27-,29-,30?,32?/m1/s1. The van der Waals surface area contributed by atoms with Gasteiger partial charge in [-0.25, -0.2) is 4.79 Å². The molecule has 2 N–H and O–H groups in total. The number of esters is 1. The maximum absolute atomic E-state index is 14.0. The molecule has 0 amide bonds. The van der Waals surface area contributed by atoms with Crippen molar-refractivity contribution in [2.45, 2.75) is 87.6 Å². The first-order valence-corrected chi connectivity index (χ1v) is 14.2. The van der Waals surface area contributed by atoms with E-state index in [-0.39, 0.29) is 35.6 Å². The average molecular weight is 529 g/mol. The second kappa shape index (κ2) is 8.85. The van der Waals surface area contributed by atoms with E-state index in [9.17, 15) is 14.7 Å². The monoisotopic (exact) mass is 528 g/mol. The van der Waals surface area contributed by atoms with Crippen molar-refractivity contribution in [2.75, 3.05) is 7.11 Å². The van der Waals surface area contributed by atoms with Crippen LogP contribution in [0.4, 0.5) is 0 Å². The Morgan fingerprint density at radius 1 is 1.13 bits per heavy atom. The molecule has 4 heterocycles. The predicted molar refractivity (Wildman–Crippen MR) is 145 cm³/mol. The van der Waals surface area contributed by atoms with Crippen molar-refractivity contribution in [2.24, 2.45) is 5.92 Å². The molecule has 1 saturated carbocycles. The molecule has 204 valence electrons. The molecule has 4 fully saturated rings. The lowest BCUT2D eigenvalue weighted by atomic mass is 9.64. The van der Waals surface area contributed by atoms with Gasteiger partial charge in [0.2, 0.25) is 0 Å². The number of benzene rings is 2. The summed E-state index contributed by atoms with van der Waals surface area (Å²) in [5.41, 5.74) is 3.37. The molecule has 0 spiro atoms. The van der Waals surface area contributed by atoms with Gasteiger partial charge >= 0.3 is 5.97 Å². The molecular formula is C32H36N2O5. The summed E-state index contributed by atoms with van der Waals surface area (Å²) in [4.78, 5) is 30.4. The number of fused-ring (bicyclic) bond motifs is 1. The summed E-state index contributed by atoms with van der Waals surface area (Å²) in [5.74, 6) is -0.208. The van der Waals surface area contributed by atoms with Gasteiger partial charge in [0.25, 0.3) is 0 Å². The summed E-state index contributed by atoms with van der Waals surface area (Å²) in [7, 11) is 1.66. The van der Waals surface area contributed by atoms with Gasteiger partial charge in [0.05, 0.1) is 12.7 Å². The normalized spacial score (nSPS) is 36.7. The first-order chi connectivity index (χ1) is 18.8. The van der Waals surface area contributed by atoms with Crippen LogP contribution in [0, 0.1) is 5.92 Å². The Kier molecular flexibility index (Phi) is 5.60. The van der Waals surface area contributed by atoms with Crippen molar-refractivity contribution in [3.63, 3.8) is 0 Å². The van der Waals surface area contributed by atoms with Gasteiger partial charge in [0, 0.05) is 54.0 Å². The smallest absolute Gasteiger partial charge is 0.336 e. The van der Waals surface area contributed by atoms with Crippen LogP contribution in [0.25, 0.3) is 0 Å². The van der Waals surface area contributed by atoms with E-state index in [1.54, 1.807) is 25.3 Å². The maximum Gasteiger partial charge on any atom is 0.336 e. The predicted octanol–water partition coefficient (Wildman–Crippen LogP) is 4.41. The highest BCUT2D eigenvalue weighted by Crippen LogP contribution is 2.59. The summed E-state index contributed by atoms with van der Waals surface area (Å²) in [6.07, 6.45) is 4.14. The Balaban J connectivity index is 1.22. The molecule has 8 atom stereocenters. The Morgan fingerprint density at radius 2 is 1.95 bits per heavy atom. The van der Waals surface area contributed by atoms with E-state index in [1.165, 1.54) is 6.42 Å². The quantitative estimate of drug-likeness (QED) is 0.556. The number of nitrogens with zero attached hydrogens (tertiary/aromatic N) is 1. The van der Waals surface area contributed by atoms with Gasteiger partial charge in [-0.2, -0.15) is 0 Å². The molecule has 2 aromatic carbocycles. The van der Waals surface area contributed by atoms with E-state index in [0.29, 0.717) is 29.6 Å². The van der Waals surface area contributed by atoms with Crippen molar-refractivity contribution in [3.8, 4) is 11.5 Å². The third kappa shape index (κ3) is 3.73. The van der Waals surface area contributed by atoms with Crippen molar-refractivity contribution in [1.29, 1.82) is 0 Å². The number of nitrogens with one attached hydrogen (secondary N) is 1. The molecule has 1 aliphatic carbocycles. The zero-order valence-corrected chi connectivity index (χ0v) is 22.7. The SMILES string of the molecule is COc1ccccc1[C@H]1CC(=O)C2C(C1)NC(C)=C(C(=O)O[C@@H]1C[C@H]3CC4(C)C[C@@H]1N34)[C@H]2c1cccc(O)c1. The van der Waals surface area contributed by atoms with Gasteiger partial charge in [-0.15, -0.1) is 0 Å². The largest absolute Gasteiger partial charge is 0.508 e. The molecule has 5 aliphatic rings. The molecule has 0 aromatic heterocycles. The van der Waals surface area contributed by atoms with Crippen LogP contribution in [0.15, 0.2) is 59.8 Å². The molecule has 3 saturated heterocycles. The van der Waals surface area contributed by atoms with Crippen molar-refractivity contribution in [1.82, 2.24) is 10.2 Å². The van der Waals surface area contributed by atoms with Gasteiger partial charge in [-0.3, -0.25) is 9.69 Å². The number of phenolic OH excluding ortho intramolecular Hbond substituents is 1. The zero-order chi connectivity index (χ0) is 27.1. The summed E-state index contributed by atoms with van der Waals surface area (Å²) >= 11 is 0. The molecule has 7 rings (SSSR count). The summed E-state index contributed by atoms with van der Waals surface area (Å²) < 4.78 is 11.9. The lowest BCUT2D eigenvalue weighted by molar-refractivity contribution is -0.174. The first kappa shape index (κ1) is 24.7. The fourth-order valence-corrected chi connectivity index (χ4v) is 8.68. The van der Waals surface area contributed by atoms with Gasteiger partial charge in [-0.05, 0) is 68.4 Å². The number of carbonyl (C=O) groups is 2. The topological polar surface area (TPSA) is 88.1 Å². The number of ether oxygens (including phenoxy) is 2. The molecule has 0 radical (unpaired) electrons. The number of para-hydroxylation sites is 1. The molecule has 7 nitrogen and oxygen atoms in total. The fourth-order valence-electron chi connectivity index (χ4n) is 8.68. The van der Waals surface area contributed by atoms with Crippen LogP contribution >= 0.6 is 0 Å². The molecule has 3 unspecified atom stereocenters. The average Bonchev–Trinajstić information content (AvgIpc) is 3.03. The molecule has 39 heavy (non-hydrogen) atoms. The van der Waals surface area contributed by atoms with Crippen LogP contribution in [0.5, 0.6) is 11.5 Å². The summed E-state index contributed by atoms with van der Waals surface area (Å²) in [6.45, 7) is 4.22. The van der Waals surface area contributed by atoms with Crippen LogP contribution in [0.2, 0.25) is 0 Å². The Labute approximate surface area is 229 Å². The zero-order valence-electron chi connectivity index (χ0n) is 22.7. The minimum atomic E-state index is -0.480. The third-order valence-corrected chi connectivity index (χ3v) is 10.2. The van der Waals surface area contributed by atoms with E-state index in [1.807, 2.05) is 37.3 Å². The minimum Gasteiger partial charge on any atom is -0.508 e. The number of phenols is 1. The Bertz CT molecular complexity index is 1390. The minimum absolute atomic E-state index is 0.0180. The van der Waals surface area contributed by atoms with Crippen molar-refractivity contribution >= 4 is 11.8 Å². The lowest BCUT2D eigenvalue weighted by Gasteiger charge is -2.65. The Hall–Kier alpha value is -3.32. The summed E-state index contributed by atoms with van der Waals surface area (Å²) in [5, 5.41) is 13.9. The number of carbonyl (C=O) groups excluding carboxylic acids is 2. The van der Waals surface area contributed by atoms with Crippen LogP contribution in [0.3, 0.4) is 0 Å². The van der Waals surface area contributed by atoms with Crippen molar-refractivity contribution < 1.29 is 24.2 Å². The molecule has 4 aliphatic heterocycles. The molecule has 7 heteroatoms. The highest BCUT2D eigenvalue weighted by Gasteiger charge is 2.67. The molecule has 0 bridgehead atoms. The van der Waals surface area contributed by atoms with E-state index in [4.69, 9.17) is 9.47 Å². The van der Waals surface area contributed by atoms with Gasteiger partial charge in [0.15, 0.2) is 0 Å². The van der Waals surface area contributed by atoms with E-state index in [2.05, 4.69) is 17.1 Å².